The summed E-state index contributed by atoms with van der Waals surface area (Å²) in [5.74, 6) is 0.688. The van der Waals surface area contributed by atoms with E-state index in [1.807, 2.05) is 7.05 Å². The third kappa shape index (κ3) is 4.61. The van der Waals surface area contributed by atoms with Gasteiger partial charge in [-0.1, -0.05) is 0 Å². The summed E-state index contributed by atoms with van der Waals surface area (Å²) in [5.41, 5.74) is 0. The molecule has 9 heteroatoms. The molecule has 0 saturated carbocycles. The summed E-state index contributed by atoms with van der Waals surface area (Å²) >= 11 is 0. The zero-order valence-electron chi connectivity index (χ0n) is 14.8. The number of hydrogen-bond acceptors (Lipinski definition) is 6. The predicted molar refractivity (Wildman–Crippen MR) is 100 cm³/mol. The Morgan fingerprint density at radius 3 is 2.73 bits per heavy atom. The molecule has 3 rings (SSSR count). The van der Waals surface area contributed by atoms with E-state index in [9.17, 15) is 13.2 Å². The number of nitrogens with one attached hydrogen (secondary N) is 1. The lowest BCUT2D eigenvalue weighted by molar-refractivity contribution is -0.131. The minimum Gasteiger partial charge on any atom is -0.486 e. The molecule has 0 aliphatic carbocycles. The topological polar surface area (TPSA) is 84.9 Å². The number of sulfone groups is 1. The number of ether oxygens (including phenoxy) is 2. The van der Waals surface area contributed by atoms with Gasteiger partial charge in [-0.25, -0.2) is 8.42 Å². The summed E-state index contributed by atoms with van der Waals surface area (Å²) in [5, 5.41) is 3.08. The third-order valence-electron chi connectivity index (χ3n) is 4.59. The molecule has 146 valence electrons. The summed E-state index contributed by atoms with van der Waals surface area (Å²) in [4.78, 5) is 14.4. The van der Waals surface area contributed by atoms with Crippen molar-refractivity contribution in [1.29, 1.82) is 0 Å². The number of carbonyl (C=O) groups is 1. The molecule has 1 unspecified atom stereocenters. The van der Waals surface area contributed by atoms with Gasteiger partial charge in [-0.05, 0) is 32.0 Å². The highest BCUT2D eigenvalue weighted by Crippen LogP contribution is 2.32. The molecule has 26 heavy (non-hydrogen) atoms. The van der Waals surface area contributed by atoms with E-state index in [0.717, 1.165) is 19.4 Å². The number of likely N-dealkylation sites (N-methyl/N-ethyl adjacent to an activating group) is 1. The Bertz CT molecular complexity index is 741. The predicted octanol–water partition coefficient (Wildman–Crippen LogP) is 1.25. The van der Waals surface area contributed by atoms with Crippen molar-refractivity contribution in [3.63, 3.8) is 0 Å². The summed E-state index contributed by atoms with van der Waals surface area (Å²) in [6.07, 6.45) is 1.92. The van der Waals surface area contributed by atoms with Crippen molar-refractivity contribution in [3.05, 3.63) is 18.2 Å². The molecule has 2 aliphatic rings. The van der Waals surface area contributed by atoms with Crippen molar-refractivity contribution in [2.75, 3.05) is 39.1 Å². The summed E-state index contributed by atoms with van der Waals surface area (Å²) in [6, 6.07) is 4.75. The number of benzene rings is 1. The number of amides is 1. The molecular weight excluding hydrogens is 380 g/mol. The van der Waals surface area contributed by atoms with Gasteiger partial charge in [0.2, 0.25) is 5.91 Å². The van der Waals surface area contributed by atoms with Crippen molar-refractivity contribution < 1.29 is 22.7 Å². The van der Waals surface area contributed by atoms with E-state index in [0.29, 0.717) is 31.3 Å². The van der Waals surface area contributed by atoms with Crippen LogP contribution < -0.4 is 14.8 Å². The van der Waals surface area contributed by atoms with Gasteiger partial charge in [-0.2, -0.15) is 0 Å². The number of nitrogens with zero attached hydrogens (tertiary/aromatic N) is 1. The zero-order valence-corrected chi connectivity index (χ0v) is 16.4. The first kappa shape index (κ1) is 20.8. The average Bonchev–Trinajstić information content (AvgIpc) is 3.08. The molecule has 2 heterocycles. The van der Waals surface area contributed by atoms with Crippen LogP contribution >= 0.6 is 12.4 Å². The molecule has 2 aliphatic heterocycles. The van der Waals surface area contributed by atoms with Gasteiger partial charge in [0, 0.05) is 31.6 Å². The molecule has 1 fully saturated rings. The van der Waals surface area contributed by atoms with E-state index in [1.165, 1.54) is 12.1 Å². The molecule has 1 amide bonds. The van der Waals surface area contributed by atoms with Crippen molar-refractivity contribution >= 4 is 28.2 Å². The van der Waals surface area contributed by atoms with Crippen LogP contribution in [0.25, 0.3) is 0 Å². The van der Waals surface area contributed by atoms with Crippen LogP contribution in [-0.4, -0.2) is 64.4 Å². The lowest BCUT2D eigenvalue weighted by Gasteiger charge is -2.24. The molecule has 1 atom stereocenters. The highest BCUT2D eigenvalue weighted by molar-refractivity contribution is 7.91. The SMILES string of the molecule is CNCC1CCCN1C(=O)CCS(=O)(=O)c1ccc2c(c1)OCCO2.Cl. The Kier molecular flexibility index (Phi) is 7.14. The van der Waals surface area contributed by atoms with Crippen molar-refractivity contribution in [3.8, 4) is 11.5 Å². The Hall–Kier alpha value is -1.51. The van der Waals surface area contributed by atoms with Crippen LogP contribution in [0.5, 0.6) is 11.5 Å². The van der Waals surface area contributed by atoms with Crippen LogP contribution in [-0.2, 0) is 14.6 Å². The van der Waals surface area contributed by atoms with Crippen LogP contribution in [0, 0.1) is 0 Å². The van der Waals surface area contributed by atoms with Crippen LogP contribution in [0.3, 0.4) is 0 Å². The minimum atomic E-state index is -3.55. The number of hydrogen-bond donors (Lipinski definition) is 1. The Morgan fingerprint density at radius 2 is 2.00 bits per heavy atom. The van der Waals surface area contributed by atoms with Crippen molar-refractivity contribution in [1.82, 2.24) is 10.2 Å². The molecule has 0 spiro atoms. The fourth-order valence-corrected chi connectivity index (χ4v) is 4.55. The second-order valence-electron chi connectivity index (χ2n) is 6.32. The van der Waals surface area contributed by atoms with Crippen LogP contribution in [0.1, 0.15) is 19.3 Å². The number of fused-ring (bicyclic) bond motifs is 1. The fraction of sp³-hybridized carbons (Fsp3) is 0.588. The van der Waals surface area contributed by atoms with Gasteiger partial charge in [-0.15, -0.1) is 12.4 Å². The van der Waals surface area contributed by atoms with Gasteiger partial charge in [0.25, 0.3) is 0 Å². The van der Waals surface area contributed by atoms with E-state index in [2.05, 4.69) is 5.32 Å². The standard InChI is InChI=1S/C17H24N2O5S.ClH/c1-18-12-13-3-2-7-19(13)17(20)6-10-25(21,22)14-4-5-15-16(11-14)24-9-8-23-15;/h4-5,11,13,18H,2-3,6-10,12H2,1H3;1H. The number of halogens is 1. The van der Waals surface area contributed by atoms with Gasteiger partial charge < -0.3 is 19.7 Å². The molecule has 1 N–H and O–H groups in total. The maximum Gasteiger partial charge on any atom is 0.223 e. The summed E-state index contributed by atoms with van der Waals surface area (Å²) in [6.45, 7) is 2.30. The second-order valence-corrected chi connectivity index (χ2v) is 8.42. The molecule has 0 radical (unpaired) electrons. The maximum atomic E-state index is 12.6. The summed E-state index contributed by atoms with van der Waals surface area (Å²) in [7, 11) is -1.69. The highest BCUT2D eigenvalue weighted by Gasteiger charge is 2.29. The Morgan fingerprint density at radius 1 is 1.27 bits per heavy atom. The van der Waals surface area contributed by atoms with Gasteiger partial charge >= 0.3 is 0 Å². The Labute approximate surface area is 160 Å². The van der Waals surface area contributed by atoms with Crippen molar-refractivity contribution in [2.24, 2.45) is 0 Å². The van der Waals surface area contributed by atoms with E-state index < -0.39 is 9.84 Å². The quantitative estimate of drug-likeness (QED) is 0.768. The Balaban J connectivity index is 0.00000243. The molecule has 1 saturated heterocycles. The molecule has 0 bridgehead atoms. The zero-order chi connectivity index (χ0) is 17.9. The van der Waals surface area contributed by atoms with Gasteiger partial charge in [0.05, 0.1) is 10.6 Å². The van der Waals surface area contributed by atoms with Crippen molar-refractivity contribution in [2.45, 2.75) is 30.2 Å². The van der Waals surface area contributed by atoms with E-state index in [4.69, 9.17) is 9.47 Å². The first-order valence-electron chi connectivity index (χ1n) is 8.58. The van der Waals surface area contributed by atoms with Crippen LogP contribution in [0.2, 0.25) is 0 Å². The first-order valence-corrected chi connectivity index (χ1v) is 10.2. The molecule has 7 nitrogen and oxygen atoms in total. The van der Waals surface area contributed by atoms with E-state index in [1.54, 1.807) is 11.0 Å². The smallest absolute Gasteiger partial charge is 0.223 e. The minimum absolute atomic E-state index is 0. The highest BCUT2D eigenvalue weighted by atomic mass is 35.5. The maximum absolute atomic E-state index is 12.6. The lowest BCUT2D eigenvalue weighted by Crippen LogP contribution is -2.41. The normalized spacial score (nSPS) is 19.1. The van der Waals surface area contributed by atoms with E-state index in [-0.39, 0.29) is 41.4 Å². The number of carbonyl (C=O) groups excluding carboxylic acids is 1. The molecule has 1 aromatic carbocycles. The number of rotatable bonds is 6. The van der Waals surface area contributed by atoms with Gasteiger partial charge in [0.15, 0.2) is 21.3 Å². The second kappa shape index (κ2) is 8.92. The van der Waals surface area contributed by atoms with Crippen LogP contribution in [0.15, 0.2) is 23.1 Å². The molecule has 1 aromatic rings. The molecular formula is C17H25ClN2O5S. The third-order valence-corrected chi connectivity index (χ3v) is 6.31. The van der Waals surface area contributed by atoms with Gasteiger partial charge in [0.1, 0.15) is 13.2 Å². The van der Waals surface area contributed by atoms with Crippen LogP contribution in [0.4, 0.5) is 0 Å². The van der Waals surface area contributed by atoms with E-state index >= 15 is 0 Å². The monoisotopic (exact) mass is 404 g/mol. The lowest BCUT2D eigenvalue weighted by atomic mass is 10.2. The summed E-state index contributed by atoms with van der Waals surface area (Å²) < 4.78 is 36.0. The molecule has 0 aromatic heterocycles. The van der Waals surface area contributed by atoms with Gasteiger partial charge in [-0.3, -0.25) is 4.79 Å². The average molecular weight is 405 g/mol. The fourth-order valence-electron chi connectivity index (χ4n) is 3.31. The largest absolute Gasteiger partial charge is 0.486 e. The first-order chi connectivity index (χ1) is 12.0. The number of likely N-dealkylation sites (tertiary alicyclic amines) is 1.